The summed E-state index contributed by atoms with van der Waals surface area (Å²) in [5.74, 6) is 0.175. The van der Waals surface area contributed by atoms with E-state index in [1.807, 2.05) is 17.5 Å². The van der Waals surface area contributed by atoms with Crippen LogP contribution in [0, 0.1) is 5.82 Å². The van der Waals surface area contributed by atoms with E-state index in [0.717, 1.165) is 28.6 Å². The molecule has 1 saturated carbocycles. The van der Waals surface area contributed by atoms with Crippen LogP contribution >= 0.6 is 11.3 Å². The average Bonchev–Trinajstić information content (AvgIpc) is 3.26. The molecule has 0 radical (unpaired) electrons. The summed E-state index contributed by atoms with van der Waals surface area (Å²) < 4.78 is 15.5. The maximum atomic E-state index is 14.5. The standard InChI is InChI=1S/C19H16FN3OS/c20-15-9-13-4-8-25-18(13)10-16(15)22-6-7-23(19(22)24)17-11-21-5-3-14(17)12-1-2-12/h3-5,8-12H,1-2,6-7H2. The Balaban J connectivity index is 1.51. The largest absolute Gasteiger partial charge is 0.329 e. The molecule has 3 aromatic rings. The van der Waals surface area contributed by atoms with Gasteiger partial charge < -0.3 is 0 Å². The number of amides is 2. The van der Waals surface area contributed by atoms with Gasteiger partial charge in [0.1, 0.15) is 5.82 Å². The van der Waals surface area contributed by atoms with Crippen molar-refractivity contribution in [1.29, 1.82) is 0 Å². The molecule has 5 rings (SSSR count). The molecule has 0 spiro atoms. The first-order valence-electron chi connectivity index (χ1n) is 8.42. The molecular weight excluding hydrogens is 337 g/mol. The molecule has 25 heavy (non-hydrogen) atoms. The first kappa shape index (κ1) is 14.8. The zero-order valence-electron chi connectivity index (χ0n) is 13.5. The van der Waals surface area contributed by atoms with Crippen LogP contribution in [0.2, 0.25) is 0 Å². The Kier molecular flexibility index (Phi) is 3.28. The molecule has 0 atom stereocenters. The number of aromatic nitrogens is 1. The topological polar surface area (TPSA) is 36.4 Å². The van der Waals surface area contributed by atoms with Gasteiger partial charge in [-0.05, 0) is 59.4 Å². The molecule has 126 valence electrons. The molecule has 0 unspecified atom stereocenters. The second-order valence-electron chi connectivity index (χ2n) is 6.56. The fourth-order valence-electron chi connectivity index (χ4n) is 3.52. The lowest BCUT2D eigenvalue weighted by molar-refractivity contribution is 0.255. The molecule has 1 saturated heterocycles. The van der Waals surface area contributed by atoms with Crippen LogP contribution in [0.1, 0.15) is 24.3 Å². The van der Waals surface area contributed by atoms with Crippen LogP contribution in [0.3, 0.4) is 0 Å². The molecule has 2 amide bonds. The fourth-order valence-corrected chi connectivity index (χ4v) is 4.33. The van der Waals surface area contributed by atoms with Crippen molar-refractivity contribution in [3.63, 3.8) is 0 Å². The summed E-state index contributed by atoms with van der Waals surface area (Å²) in [4.78, 5) is 20.5. The van der Waals surface area contributed by atoms with Gasteiger partial charge in [-0.25, -0.2) is 9.18 Å². The van der Waals surface area contributed by atoms with Gasteiger partial charge in [0, 0.05) is 24.0 Å². The molecule has 6 heteroatoms. The van der Waals surface area contributed by atoms with E-state index >= 15 is 0 Å². The molecule has 1 aliphatic heterocycles. The number of hydrogen-bond donors (Lipinski definition) is 0. The van der Waals surface area contributed by atoms with Crippen LogP contribution in [0.5, 0.6) is 0 Å². The minimum atomic E-state index is -0.352. The Morgan fingerprint density at radius 3 is 2.72 bits per heavy atom. The Bertz CT molecular complexity index is 982. The van der Waals surface area contributed by atoms with E-state index in [2.05, 4.69) is 4.98 Å². The highest BCUT2D eigenvalue weighted by Gasteiger charge is 2.36. The lowest BCUT2D eigenvalue weighted by Gasteiger charge is -2.21. The number of carbonyl (C=O) groups excluding carboxylic acids is 1. The molecule has 4 nitrogen and oxygen atoms in total. The van der Waals surface area contributed by atoms with Crippen molar-refractivity contribution in [1.82, 2.24) is 4.98 Å². The maximum absolute atomic E-state index is 14.5. The summed E-state index contributed by atoms with van der Waals surface area (Å²) >= 11 is 1.55. The number of anilines is 2. The number of hydrogen-bond acceptors (Lipinski definition) is 3. The Morgan fingerprint density at radius 2 is 1.92 bits per heavy atom. The van der Waals surface area contributed by atoms with Crippen molar-refractivity contribution in [3.05, 3.63) is 53.4 Å². The molecule has 2 aromatic heterocycles. The Labute approximate surface area is 148 Å². The number of fused-ring (bicyclic) bond motifs is 1. The highest BCUT2D eigenvalue weighted by molar-refractivity contribution is 7.17. The molecule has 0 bridgehead atoms. The predicted molar refractivity (Wildman–Crippen MR) is 98.1 cm³/mol. The lowest BCUT2D eigenvalue weighted by Crippen LogP contribution is -2.32. The van der Waals surface area contributed by atoms with Gasteiger partial charge in [0.25, 0.3) is 0 Å². The number of urea groups is 1. The van der Waals surface area contributed by atoms with Crippen molar-refractivity contribution in [2.75, 3.05) is 22.9 Å². The minimum Gasteiger partial charge on any atom is -0.290 e. The monoisotopic (exact) mass is 353 g/mol. The highest BCUT2D eigenvalue weighted by Crippen LogP contribution is 2.44. The third kappa shape index (κ3) is 2.40. The van der Waals surface area contributed by atoms with E-state index in [9.17, 15) is 9.18 Å². The first-order valence-corrected chi connectivity index (χ1v) is 9.30. The van der Waals surface area contributed by atoms with E-state index < -0.39 is 0 Å². The average molecular weight is 353 g/mol. The number of pyridine rings is 1. The normalized spacial score (nSPS) is 17.7. The predicted octanol–water partition coefficient (Wildman–Crippen LogP) is 4.76. The van der Waals surface area contributed by atoms with Crippen molar-refractivity contribution >= 4 is 38.8 Å². The zero-order valence-corrected chi connectivity index (χ0v) is 14.3. The maximum Gasteiger partial charge on any atom is 0.329 e. The van der Waals surface area contributed by atoms with E-state index in [4.69, 9.17) is 0 Å². The van der Waals surface area contributed by atoms with Crippen LogP contribution in [0.25, 0.3) is 10.1 Å². The summed E-state index contributed by atoms with van der Waals surface area (Å²) in [6.07, 6.45) is 5.85. The van der Waals surface area contributed by atoms with Crippen LogP contribution < -0.4 is 9.80 Å². The van der Waals surface area contributed by atoms with Crippen LogP contribution in [0.4, 0.5) is 20.6 Å². The van der Waals surface area contributed by atoms with E-state index in [0.29, 0.717) is 24.7 Å². The molecule has 0 N–H and O–H groups in total. The molecular formula is C19H16FN3OS. The van der Waals surface area contributed by atoms with Gasteiger partial charge in [-0.1, -0.05) is 0 Å². The Morgan fingerprint density at radius 1 is 1.12 bits per heavy atom. The fraction of sp³-hybridized carbons (Fsp3) is 0.263. The van der Waals surface area contributed by atoms with Crippen molar-refractivity contribution in [3.8, 4) is 0 Å². The second kappa shape index (κ2) is 5.52. The van der Waals surface area contributed by atoms with Gasteiger partial charge in [0.15, 0.2) is 0 Å². The second-order valence-corrected chi connectivity index (χ2v) is 7.50. The number of benzene rings is 1. The molecule has 1 aromatic carbocycles. The van der Waals surface area contributed by atoms with Gasteiger partial charge in [0.05, 0.1) is 17.6 Å². The molecule has 3 heterocycles. The van der Waals surface area contributed by atoms with Gasteiger partial charge in [-0.15, -0.1) is 11.3 Å². The van der Waals surface area contributed by atoms with E-state index in [1.54, 1.807) is 34.7 Å². The summed E-state index contributed by atoms with van der Waals surface area (Å²) in [5, 5.41) is 2.81. The SMILES string of the molecule is O=C1N(c2cc3sccc3cc2F)CCN1c1cnccc1C1CC1. The molecule has 1 aliphatic carbocycles. The van der Waals surface area contributed by atoms with Crippen LogP contribution in [-0.2, 0) is 0 Å². The number of carbonyl (C=O) groups is 1. The summed E-state index contributed by atoms with van der Waals surface area (Å²) in [5.41, 5.74) is 2.41. The number of rotatable bonds is 3. The molecule has 2 fully saturated rings. The number of thiophene rings is 1. The summed E-state index contributed by atoms with van der Waals surface area (Å²) in [6, 6.07) is 7.01. The highest BCUT2D eigenvalue weighted by atomic mass is 32.1. The van der Waals surface area contributed by atoms with E-state index in [-0.39, 0.29) is 11.8 Å². The third-order valence-electron chi connectivity index (χ3n) is 4.96. The van der Waals surface area contributed by atoms with Crippen molar-refractivity contribution in [2.45, 2.75) is 18.8 Å². The smallest absolute Gasteiger partial charge is 0.290 e. The Hall–Kier alpha value is -2.47. The van der Waals surface area contributed by atoms with Crippen LogP contribution in [-0.4, -0.2) is 24.1 Å². The third-order valence-corrected chi connectivity index (χ3v) is 5.84. The van der Waals surface area contributed by atoms with Gasteiger partial charge in [-0.2, -0.15) is 0 Å². The lowest BCUT2D eigenvalue weighted by atomic mass is 10.1. The van der Waals surface area contributed by atoms with E-state index in [1.165, 1.54) is 16.5 Å². The first-order chi connectivity index (χ1) is 12.2. The van der Waals surface area contributed by atoms with Gasteiger partial charge in [-0.3, -0.25) is 14.8 Å². The number of halogens is 1. The molecule has 2 aliphatic rings. The number of nitrogens with zero attached hydrogens (tertiary/aromatic N) is 3. The van der Waals surface area contributed by atoms with Gasteiger partial charge >= 0.3 is 6.03 Å². The summed E-state index contributed by atoms with van der Waals surface area (Å²) in [6.45, 7) is 1.03. The minimum absolute atomic E-state index is 0.176. The van der Waals surface area contributed by atoms with Gasteiger partial charge in [0.2, 0.25) is 0 Å². The van der Waals surface area contributed by atoms with Crippen molar-refractivity contribution < 1.29 is 9.18 Å². The summed E-state index contributed by atoms with van der Waals surface area (Å²) in [7, 11) is 0. The quantitative estimate of drug-likeness (QED) is 0.681. The van der Waals surface area contributed by atoms with Crippen molar-refractivity contribution in [2.24, 2.45) is 0 Å². The van der Waals surface area contributed by atoms with Crippen LogP contribution in [0.15, 0.2) is 42.0 Å². The zero-order chi connectivity index (χ0) is 17.0.